The third-order valence-electron chi connectivity index (χ3n) is 3.73. The highest BCUT2D eigenvalue weighted by Crippen LogP contribution is 2.48. The van der Waals surface area contributed by atoms with E-state index in [9.17, 15) is 0 Å². The van der Waals surface area contributed by atoms with Gasteiger partial charge >= 0.3 is 0 Å². The molecule has 1 heterocycles. The number of anilines is 1. The molecular weight excluding hydrogens is 198 g/mol. The number of imidazole rings is 1. The lowest BCUT2D eigenvalue weighted by Gasteiger charge is -2.12. The molecule has 1 saturated carbocycles. The van der Waals surface area contributed by atoms with Crippen LogP contribution in [-0.2, 0) is 0 Å². The van der Waals surface area contributed by atoms with E-state index in [1.165, 1.54) is 19.3 Å². The summed E-state index contributed by atoms with van der Waals surface area (Å²) in [5, 5.41) is 3.42. The van der Waals surface area contributed by atoms with E-state index >= 15 is 0 Å². The molecule has 0 saturated heterocycles. The number of fused-ring (bicyclic) bond motifs is 1. The number of para-hydroxylation sites is 2. The number of hydrogen-bond acceptors (Lipinski definition) is 2. The Balaban J connectivity index is 1.74. The van der Waals surface area contributed by atoms with Crippen molar-refractivity contribution in [2.24, 2.45) is 5.41 Å². The van der Waals surface area contributed by atoms with Crippen LogP contribution in [0, 0.1) is 5.41 Å². The molecule has 0 amide bonds. The summed E-state index contributed by atoms with van der Waals surface area (Å²) in [7, 11) is 0. The van der Waals surface area contributed by atoms with Gasteiger partial charge in [-0.3, -0.25) is 0 Å². The summed E-state index contributed by atoms with van der Waals surface area (Å²) in [6, 6.07) is 8.13. The maximum absolute atomic E-state index is 4.51. The first-order valence-corrected chi connectivity index (χ1v) is 6.00. The molecule has 1 aromatic heterocycles. The molecule has 0 spiro atoms. The third kappa shape index (κ3) is 1.66. The number of aromatic nitrogens is 2. The highest BCUT2D eigenvalue weighted by atomic mass is 15.1. The van der Waals surface area contributed by atoms with Crippen molar-refractivity contribution < 1.29 is 0 Å². The fourth-order valence-electron chi connectivity index (χ4n) is 2.14. The van der Waals surface area contributed by atoms with Crippen LogP contribution in [0.4, 0.5) is 5.95 Å². The number of benzene rings is 1. The van der Waals surface area contributed by atoms with E-state index in [1.54, 1.807) is 0 Å². The first-order chi connectivity index (χ1) is 7.81. The minimum Gasteiger partial charge on any atom is -0.355 e. The molecular formula is C13H17N3. The Morgan fingerprint density at radius 2 is 2.19 bits per heavy atom. The van der Waals surface area contributed by atoms with Crippen LogP contribution in [0.15, 0.2) is 24.3 Å². The van der Waals surface area contributed by atoms with Gasteiger partial charge in [0.2, 0.25) is 5.95 Å². The summed E-state index contributed by atoms with van der Waals surface area (Å²) in [6.45, 7) is 3.32. The average Bonchev–Trinajstić information content (AvgIpc) is 2.98. The Morgan fingerprint density at radius 1 is 1.38 bits per heavy atom. The molecule has 84 valence electrons. The van der Waals surface area contributed by atoms with Gasteiger partial charge in [0.25, 0.3) is 0 Å². The van der Waals surface area contributed by atoms with E-state index in [2.05, 4.69) is 28.3 Å². The van der Waals surface area contributed by atoms with Gasteiger partial charge in [-0.1, -0.05) is 19.1 Å². The Hall–Kier alpha value is -1.51. The number of nitrogens with one attached hydrogen (secondary N) is 2. The highest BCUT2D eigenvalue weighted by molar-refractivity contribution is 5.77. The molecule has 2 N–H and O–H groups in total. The van der Waals surface area contributed by atoms with Gasteiger partial charge < -0.3 is 10.3 Å². The predicted molar refractivity (Wildman–Crippen MR) is 66.5 cm³/mol. The second-order valence-electron chi connectivity index (χ2n) is 4.81. The largest absolute Gasteiger partial charge is 0.355 e. The van der Waals surface area contributed by atoms with Gasteiger partial charge in [-0.25, -0.2) is 4.98 Å². The van der Waals surface area contributed by atoms with E-state index in [0.29, 0.717) is 5.41 Å². The lowest BCUT2D eigenvalue weighted by atomic mass is 10.0. The average molecular weight is 215 g/mol. The van der Waals surface area contributed by atoms with Crippen LogP contribution < -0.4 is 5.32 Å². The lowest BCUT2D eigenvalue weighted by Crippen LogP contribution is -2.14. The van der Waals surface area contributed by atoms with Crippen LogP contribution in [0.2, 0.25) is 0 Å². The van der Waals surface area contributed by atoms with Crippen molar-refractivity contribution in [2.45, 2.75) is 26.2 Å². The van der Waals surface area contributed by atoms with Crippen molar-refractivity contribution in [3.63, 3.8) is 0 Å². The Bertz CT molecular complexity index is 464. The fourth-order valence-corrected chi connectivity index (χ4v) is 2.14. The van der Waals surface area contributed by atoms with E-state index in [0.717, 1.165) is 23.5 Å². The van der Waals surface area contributed by atoms with E-state index < -0.39 is 0 Å². The molecule has 3 nitrogen and oxygen atoms in total. The molecule has 3 heteroatoms. The quantitative estimate of drug-likeness (QED) is 0.822. The molecule has 1 aliphatic rings. The molecule has 1 aliphatic carbocycles. The molecule has 0 unspecified atom stereocenters. The van der Waals surface area contributed by atoms with Crippen molar-refractivity contribution >= 4 is 17.0 Å². The van der Waals surface area contributed by atoms with Gasteiger partial charge in [-0.15, -0.1) is 0 Å². The predicted octanol–water partition coefficient (Wildman–Crippen LogP) is 3.17. The summed E-state index contributed by atoms with van der Waals surface area (Å²) in [5.41, 5.74) is 2.69. The van der Waals surface area contributed by atoms with Gasteiger partial charge in [0, 0.05) is 6.54 Å². The maximum atomic E-state index is 4.51. The van der Waals surface area contributed by atoms with Crippen LogP contribution in [0.3, 0.4) is 0 Å². The molecule has 1 aromatic carbocycles. The third-order valence-corrected chi connectivity index (χ3v) is 3.73. The second kappa shape index (κ2) is 3.51. The zero-order valence-electron chi connectivity index (χ0n) is 9.59. The highest BCUT2D eigenvalue weighted by Gasteiger charge is 2.40. The van der Waals surface area contributed by atoms with Crippen LogP contribution in [0.25, 0.3) is 11.0 Å². The van der Waals surface area contributed by atoms with Crippen molar-refractivity contribution in [1.82, 2.24) is 9.97 Å². The maximum Gasteiger partial charge on any atom is 0.201 e. The van der Waals surface area contributed by atoms with Gasteiger partial charge in [0.1, 0.15) is 0 Å². The first kappa shape index (κ1) is 9.70. The number of H-pyrrole nitrogens is 1. The van der Waals surface area contributed by atoms with Gasteiger partial charge in [0.05, 0.1) is 11.0 Å². The molecule has 0 bridgehead atoms. The van der Waals surface area contributed by atoms with Crippen LogP contribution >= 0.6 is 0 Å². The molecule has 0 radical (unpaired) electrons. The molecule has 3 rings (SSSR count). The molecule has 16 heavy (non-hydrogen) atoms. The Kier molecular flexibility index (Phi) is 2.13. The molecule has 0 atom stereocenters. The summed E-state index contributed by atoms with van der Waals surface area (Å²) in [6.07, 6.45) is 3.98. The van der Waals surface area contributed by atoms with Crippen LogP contribution in [0.1, 0.15) is 26.2 Å². The summed E-state index contributed by atoms with van der Waals surface area (Å²) >= 11 is 0. The van der Waals surface area contributed by atoms with Crippen molar-refractivity contribution in [3.05, 3.63) is 24.3 Å². The SMILES string of the molecule is CCC1(CNc2nc3ccccc3[nH]2)CC1. The van der Waals surface area contributed by atoms with Crippen LogP contribution in [0.5, 0.6) is 0 Å². The van der Waals surface area contributed by atoms with Crippen LogP contribution in [-0.4, -0.2) is 16.5 Å². The summed E-state index contributed by atoms with van der Waals surface area (Å²) < 4.78 is 0. The lowest BCUT2D eigenvalue weighted by molar-refractivity contribution is 0.520. The van der Waals surface area contributed by atoms with Gasteiger partial charge in [-0.2, -0.15) is 0 Å². The number of aromatic amines is 1. The molecule has 0 aliphatic heterocycles. The van der Waals surface area contributed by atoms with Gasteiger partial charge in [0.15, 0.2) is 0 Å². The first-order valence-electron chi connectivity index (χ1n) is 6.00. The number of rotatable bonds is 4. The van der Waals surface area contributed by atoms with Crippen molar-refractivity contribution in [2.75, 3.05) is 11.9 Å². The Labute approximate surface area is 95.3 Å². The van der Waals surface area contributed by atoms with E-state index in [1.807, 2.05) is 18.2 Å². The van der Waals surface area contributed by atoms with Crippen molar-refractivity contribution in [1.29, 1.82) is 0 Å². The standard InChI is InChI=1S/C13H17N3/c1-2-13(7-8-13)9-14-12-15-10-5-3-4-6-11(10)16-12/h3-6H,2,7-9H2,1H3,(H2,14,15,16). The normalized spacial score (nSPS) is 17.6. The van der Waals surface area contributed by atoms with E-state index in [-0.39, 0.29) is 0 Å². The summed E-state index contributed by atoms with van der Waals surface area (Å²) in [5.74, 6) is 0.904. The fraction of sp³-hybridized carbons (Fsp3) is 0.462. The van der Waals surface area contributed by atoms with E-state index in [4.69, 9.17) is 0 Å². The van der Waals surface area contributed by atoms with Gasteiger partial charge in [-0.05, 0) is 36.8 Å². The molecule has 1 fully saturated rings. The molecule has 2 aromatic rings. The smallest absolute Gasteiger partial charge is 0.201 e. The summed E-state index contributed by atoms with van der Waals surface area (Å²) in [4.78, 5) is 7.81. The van der Waals surface area contributed by atoms with Crippen molar-refractivity contribution in [3.8, 4) is 0 Å². The number of nitrogens with zero attached hydrogens (tertiary/aromatic N) is 1. The monoisotopic (exact) mass is 215 g/mol. The second-order valence-corrected chi connectivity index (χ2v) is 4.81. The zero-order chi connectivity index (χ0) is 11.0. The minimum atomic E-state index is 0.555. The zero-order valence-corrected chi connectivity index (χ0v) is 9.59. The Morgan fingerprint density at radius 3 is 2.88 bits per heavy atom. The number of hydrogen-bond donors (Lipinski definition) is 2. The topological polar surface area (TPSA) is 40.7 Å². The minimum absolute atomic E-state index is 0.555.